The molecule has 0 aromatic heterocycles. The summed E-state index contributed by atoms with van der Waals surface area (Å²) in [6, 6.07) is 0. The van der Waals surface area contributed by atoms with Gasteiger partial charge in [-0.2, -0.15) is 0 Å². The second-order valence-electron chi connectivity index (χ2n) is 3.20. The Balaban J connectivity index is 2.43. The molecule has 3 nitrogen and oxygen atoms in total. The van der Waals surface area contributed by atoms with Crippen LogP contribution in [0.1, 0.15) is 26.2 Å². The van der Waals surface area contributed by atoms with Gasteiger partial charge in [-0.1, -0.05) is 13.5 Å². The van der Waals surface area contributed by atoms with E-state index in [0.717, 1.165) is 32.4 Å². The SMILES string of the molecule is C=CC(=O)N1CCCC1OCCC. The first-order valence-corrected chi connectivity index (χ1v) is 4.84. The van der Waals surface area contributed by atoms with E-state index in [2.05, 4.69) is 13.5 Å². The van der Waals surface area contributed by atoms with Crippen molar-refractivity contribution in [3.05, 3.63) is 12.7 Å². The monoisotopic (exact) mass is 183 g/mol. The van der Waals surface area contributed by atoms with Crippen LogP contribution in [0.2, 0.25) is 0 Å². The number of ether oxygens (including phenoxy) is 1. The molecule has 3 heteroatoms. The quantitative estimate of drug-likeness (QED) is 0.619. The highest BCUT2D eigenvalue weighted by molar-refractivity contribution is 5.87. The van der Waals surface area contributed by atoms with E-state index >= 15 is 0 Å². The number of rotatable bonds is 4. The lowest BCUT2D eigenvalue weighted by atomic mass is 10.3. The smallest absolute Gasteiger partial charge is 0.247 e. The molecule has 0 radical (unpaired) electrons. The molecule has 0 aliphatic carbocycles. The average Bonchev–Trinajstić information content (AvgIpc) is 2.61. The Labute approximate surface area is 79.4 Å². The Morgan fingerprint density at radius 1 is 1.77 bits per heavy atom. The molecule has 0 spiro atoms. The first kappa shape index (κ1) is 10.3. The molecule has 0 N–H and O–H groups in total. The summed E-state index contributed by atoms with van der Waals surface area (Å²) in [7, 11) is 0. The largest absolute Gasteiger partial charge is 0.358 e. The van der Waals surface area contributed by atoms with Gasteiger partial charge in [0.15, 0.2) is 0 Å². The molecule has 0 saturated carbocycles. The predicted octanol–water partition coefficient (Wildman–Crippen LogP) is 1.55. The van der Waals surface area contributed by atoms with Crippen LogP contribution in [0, 0.1) is 0 Å². The summed E-state index contributed by atoms with van der Waals surface area (Å²) >= 11 is 0. The van der Waals surface area contributed by atoms with Crippen molar-refractivity contribution in [3.63, 3.8) is 0 Å². The molecule has 74 valence electrons. The zero-order chi connectivity index (χ0) is 9.68. The number of nitrogens with zero attached hydrogens (tertiary/aromatic N) is 1. The van der Waals surface area contributed by atoms with Crippen LogP contribution in [0.15, 0.2) is 12.7 Å². The fourth-order valence-corrected chi connectivity index (χ4v) is 1.53. The maximum absolute atomic E-state index is 11.3. The van der Waals surface area contributed by atoms with E-state index in [1.807, 2.05) is 0 Å². The predicted molar refractivity (Wildman–Crippen MR) is 51.2 cm³/mol. The van der Waals surface area contributed by atoms with Crippen molar-refractivity contribution < 1.29 is 9.53 Å². The highest BCUT2D eigenvalue weighted by Crippen LogP contribution is 2.18. The molecule has 0 bridgehead atoms. The highest BCUT2D eigenvalue weighted by atomic mass is 16.5. The number of amides is 1. The number of hydrogen-bond donors (Lipinski definition) is 0. The van der Waals surface area contributed by atoms with E-state index < -0.39 is 0 Å². The summed E-state index contributed by atoms with van der Waals surface area (Å²) in [5.41, 5.74) is 0. The summed E-state index contributed by atoms with van der Waals surface area (Å²) < 4.78 is 5.54. The van der Waals surface area contributed by atoms with Crippen molar-refractivity contribution in [1.82, 2.24) is 4.90 Å². The summed E-state index contributed by atoms with van der Waals surface area (Å²) in [5.74, 6) is -0.0152. The minimum atomic E-state index is -0.0152. The molecule has 1 saturated heterocycles. The molecule has 1 fully saturated rings. The maximum Gasteiger partial charge on any atom is 0.247 e. The van der Waals surface area contributed by atoms with Crippen molar-refractivity contribution in [2.75, 3.05) is 13.2 Å². The highest BCUT2D eigenvalue weighted by Gasteiger charge is 2.27. The van der Waals surface area contributed by atoms with Crippen LogP contribution in [-0.4, -0.2) is 30.2 Å². The van der Waals surface area contributed by atoms with Gasteiger partial charge in [0.05, 0.1) is 0 Å². The van der Waals surface area contributed by atoms with E-state index in [-0.39, 0.29) is 12.1 Å². The van der Waals surface area contributed by atoms with Gasteiger partial charge < -0.3 is 9.64 Å². The van der Waals surface area contributed by atoms with Crippen LogP contribution < -0.4 is 0 Å². The van der Waals surface area contributed by atoms with Gasteiger partial charge >= 0.3 is 0 Å². The van der Waals surface area contributed by atoms with Gasteiger partial charge in [-0.3, -0.25) is 4.79 Å². The third-order valence-corrected chi connectivity index (χ3v) is 2.17. The van der Waals surface area contributed by atoms with Crippen LogP contribution >= 0.6 is 0 Å². The Morgan fingerprint density at radius 3 is 3.15 bits per heavy atom. The molecule has 1 aliphatic heterocycles. The normalized spacial score (nSPS) is 21.9. The van der Waals surface area contributed by atoms with E-state index in [0.29, 0.717) is 0 Å². The lowest BCUT2D eigenvalue weighted by molar-refractivity contribution is -0.136. The molecule has 1 atom stereocenters. The van der Waals surface area contributed by atoms with Crippen LogP contribution in [-0.2, 0) is 9.53 Å². The van der Waals surface area contributed by atoms with Crippen molar-refractivity contribution in [3.8, 4) is 0 Å². The van der Waals surface area contributed by atoms with E-state index in [9.17, 15) is 4.79 Å². The van der Waals surface area contributed by atoms with E-state index in [4.69, 9.17) is 4.74 Å². The third-order valence-electron chi connectivity index (χ3n) is 2.17. The Morgan fingerprint density at radius 2 is 2.54 bits per heavy atom. The van der Waals surface area contributed by atoms with Crippen molar-refractivity contribution in [2.45, 2.75) is 32.4 Å². The van der Waals surface area contributed by atoms with Crippen LogP contribution in [0.3, 0.4) is 0 Å². The Hall–Kier alpha value is -0.830. The molecule has 1 rings (SSSR count). The minimum absolute atomic E-state index is 0.00884. The topological polar surface area (TPSA) is 29.5 Å². The molecule has 0 aromatic carbocycles. The van der Waals surface area contributed by atoms with Crippen LogP contribution in [0.25, 0.3) is 0 Å². The molecule has 1 aliphatic rings. The zero-order valence-electron chi connectivity index (χ0n) is 8.16. The standard InChI is InChI=1S/C10H17NO2/c1-3-8-13-10-6-5-7-11(10)9(12)4-2/h4,10H,2-3,5-8H2,1H3. The second-order valence-corrected chi connectivity index (χ2v) is 3.20. The summed E-state index contributed by atoms with van der Waals surface area (Å²) in [6.07, 6.45) is 4.33. The first-order chi connectivity index (χ1) is 6.29. The van der Waals surface area contributed by atoms with Gasteiger partial charge in [0.2, 0.25) is 5.91 Å². The van der Waals surface area contributed by atoms with E-state index in [1.54, 1.807) is 4.90 Å². The summed E-state index contributed by atoms with van der Waals surface area (Å²) in [5, 5.41) is 0. The van der Waals surface area contributed by atoms with Gasteiger partial charge in [0.25, 0.3) is 0 Å². The lowest BCUT2D eigenvalue weighted by Gasteiger charge is -2.23. The summed E-state index contributed by atoms with van der Waals surface area (Å²) in [6.45, 7) is 7.07. The fourth-order valence-electron chi connectivity index (χ4n) is 1.53. The zero-order valence-corrected chi connectivity index (χ0v) is 8.16. The Bertz CT molecular complexity index is 191. The van der Waals surface area contributed by atoms with Gasteiger partial charge in [0, 0.05) is 13.2 Å². The van der Waals surface area contributed by atoms with Crippen LogP contribution in [0.4, 0.5) is 0 Å². The number of carbonyl (C=O) groups is 1. The average molecular weight is 183 g/mol. The minimum Gasteiger partial charge on any atom is -0.358 e. The fraction of sp³-hybridized carbons (Fsp3) is 0.700. The van der Waals surface area contributed by atoms with Crippen LogP contribution in [0.5, 0.6) is 0 Å². The molecule has 0 aromatic rings. The lowest BCUT2D eigenvalue weighted by Crippen LogP contribution is -2.36. The molecular weight excluding hydrogens is 166 g/mol. The molecular formula is C10H17NO2. The van der Waals surface area contributed by atoms with Gasteiger partial charge in [-0.15, -0.1) is 0 Å². The Kier molecular flexibility index (Phi) is 3.96. The van der Waals surface area contributed by atoms with Gasteiger partial charge in [0.1, 0.15) is 6.23 Å². The van der Waals surface area contributed by atoms with E-state index in [1.165, 1.54) is 6.08 Å². The second kappa shape index (κ2) is 5.02. The van der Waals surface area contributed by atoms with Gasteiger partial charge in [-0.05, 0) is 25.3 Å². The maximum atomic E-state index is 11.3. The number of likely N-dealkylation sites (tertiary alicyclic amines) is 1. The number of carbonyl (C=O) groups excluding carboxylic acids is 1. The first-order valence-electron chi connectivity index (χ1n) is 4.84. The molecule has 1 amide bonds. The van der Waals surface area contributed by atoms with Crippen molar-refractivity contribution in [1.29, 1.82) is 0 Å². The van der Waals surface area contributed by atoms with Gasteiger partial charge in [-0.25, -0.2) is 0 Å². The number of hydrogen-bond acceptors (Lipinski definition) is 2. The molecule has 1 unspecified atom stereocenters. The van der Waals surface area contributed by atoms with Crippen molar-refractivity contribution in [2.24, 2.45) is 0 Å². The molecule has 1 heterocycles. The summed E-state index contributed by atoms with van der Waals surface area (Å²) in [4.78, 5) is 13.1. The van der Waals surface area contributed by atoms with Crippen molar-refractivity contribution >= 4 is 5.91 Å². The third kappa shape index (κ3) is 2.56. The molecule has 13 heavy (non-hydrogen) atoms.